The van der Waals surface area contributed by atoms with Crippen LogP contribution in [0.1, 0.15) is 52.3 Å². The first kappa shape index (κ1) is 13.7. The van der Waals surface area contributed by atoms with E-state index in [2.05, 4.69) is 36.2 Å². The van der Waals surface area contributed by atoms with Crippen molar-refractivity contribution in [1.29, 1.82) is 0 Å². The summed E-state index contributed by atoms with van der Waals surface area (Å²) in [5, 5.41) is 6.99. The predicted molar refractivity (Wildman–Crippen MR) is 68.6 cm³/mol. The van der Waals surface area contributed by atoms with Crippen LogP contribution >= 0.6 is 0 Å². The minimum Gasteiger partial charge on any atom is -0.278 e. The molecular weight excluding hydrogens is 184 g/mol. The third-order valence-electron chi connectivity index (χ3n) is 1.99. The highest BCUT2D eigenvalue weighted by Gasteiger charge is 1.97. The maximum Gasteiger partial charge on any atom is 0.0649 e. The number of H-pyrrole nitrogens is 1. The first-order valence-corrected chi connectivity index (χ1v) is 5.61. The summed E-state index contributed by atoms with van der Waals surface area (Å²) >= 11 is 0. The van der Waals surface area contributed by atoms with E-state index >= 15 is 0 Å². The molecule has 0 bridgehead atoms. The third kappa shape index (κ3) is 4.63. The molecule has 0 amide bonds. The Balaban J connectivity index is 0.000000921. The molecule has 0 fully saturated rings. The normalized spacial score (nSPS) is 11.4. The van der Waals surface area contributed by atoms with E-state index in [0.717, 1.165) is 17.7 Å². The van der Waals surface area contributed by atoms with Gasteiger partial charge in [0.2, 0.25) is 0 Å². The Bertz CT molecular complexity index is 319. The second kappa shape index (κ2) is 8.04. The van der Waals surface area contributed by atoms with Crippen molar-refractivity contribution in [1.82, 2.24) is 10.2 Å². The Hall–Kier alpha value is -1.31. The van der Waals surface area contributed by atoms with Gasteiger partial charge in [0.1, 0.15) is 0 Å². The van der Waals surface area contributed by atoms with Crippen LogP contribution in [0.5, 0.6) is 0 Å². The molecule has 0 saturated heterocycles. The number of nitrogens with zero attached hydrogens (tertiary/aromatic N) is 1. The van der Waals surface area contributed by atoms with Crippen molar-refractivity contribution in [2.45, 2.75) is 41.0 Å². The standard InChI is InChI=1S/C11H16N2.C2H6/c1-4-6-10-8-12-13-11(10)7-9(3)5-2;1-2/h4,6-8H,5H2,1-3H3,(H,12,13);1-2H3/b6-4-,9-7+;. The van der Waals surface area contributed by atoms with Gasteiger partial charge < -0.3 is 0 Å². The fraction of sp³-hybridized carbons (Fsp3) is 0.462. The molecule has 0 aromatic carbocycles. The third-order valence-corrected chi connectivity index (χ3v) is 1.99. The van der Waals surface area contributed by atoms with Gasteiger partial charge in [-0.2, -0.15) is 5.10 Å². The fourth-order valence-electron chi connectivity index (χ4n) is 1.08. The summed E-state index contributed by atoms with van der Waals surface area (Å²) in [4.78, 5) is 0. The largest absolute Gasteiger partial charge is 0.278 e. The average molecular weight is 206 g/mol. The van der Waals surface area contributed by atoms with E-state index in [-0.39, 0.29) is 0 Å². The molecule has 0 radical (unpaired) electrons. The molecule has 0 atom stereocenters. The van der Waals surface area contributed by atoms with Crippen LogP contribution < -0.4 is 0 Å². The van der Waals surface area contributed by atoms with Gasteiger partial charge in [0.25, 0.3) is 0 Å². The minimum atomic E-state index is 1.08. The molecule has 1 aromatic rings. The molecule has 0 saturated carbocycles. The van der Waals surface area contributed by atoms with Crippen LogP contribution in [-0.2, 0) is 0 Å². The molecule has 2 nitrogen and oxygen atoms in total. The highest BCUT2D eigenvalue weighted by molar-refractivity contribution is 5.62. The second-order valence-electron chi connectivity index (χ2n) is 3.08. The van der Waals surface area contributed by atoms with Crippen molar-refractivity contribution in [3.8, 4) is 0 Å². The fourth-order valence-corrected chi connectivity index (χ4v) is 1.08. The van der Waals surface area contributed by atoms with Crippen LogP contribution in [0.25, 0.3) is 12.2 Å². The summed E-state index contributed by atoms with van der Waals surface area (Å²) < 4.78 is 0. The summed E-state index contributed by atoms with van der Waals surface area (Å²) in [6.45, 7) is 10.3. The monoisotopic (exact) mass is 206 g/mol. The van der Waals surface area contributed by atoms with Crippen LogP contribution in [0.4, 0.5) is 0 Å². The lowest BCUT2D eigenvalue weighted by Crippen LogP contribution is -1.79. The van der Waals surface area contributed by atoms with Crippen molar-refractivity contribution >= 4 is 12.2 Å². The first-order chi connectivity index (χ1) is 7.27. The lowest BCUT2D eigenvalue weighted by molar-refractivity contribution is 1.07. The molecular formula is C13H22N2. The zero-order chi connectivity index (χ0) is 11.7. The zero-order valence-electron chi connectivity index (χ0n) is 10.5. The minimum absolute atomic E-state index is 1.08. The topological polar surface area (TPSA) is 28.7 Å². The van der Waals surface area contributed by atoms with E-state index in [4.69, 9.17) is 0 Å². The molecule has 1 heterocycles. The zero-order valence-corrected chi connectivity index (χ0v) is 10.5. The van der Waals surface area contributed by atoms with Gasteiger partial charge in [0, 0.05) is 5.56 Å². The maximum atomic E-state index is 4.01. The van der Waals surface area contributed by atoms with Gasteiger partial charge in [-0.1, -0.05) is 38.5 Å². The number of aromatic nitrogens is 2. The van der Waals surface area contributed by atoms with E-state index in [1.807, 2.05) is 33.0 Å². The number of rotatable bonds is 3. The van der Waals surface area contributed by atoms with Crippen LogP contribution in [0.2, 0.25) is 0 Å². The Morgan fingerprint density at radius 3 is 2.67 bits per heavy atom. The van der Waals surface area contributed by atoms with Gasteiger partial charge >= 0.3 is 0 Å². The number of aromatic amines is 1. The van der Waals surface area contributed by atoms with Crippen molar-refractivity contribution in [3.63, 3.8) is 0 Å². The lowest BCUT2D eigenvalue weighted by atomic mass is 10.1. The lowest BCUT2D eigenvalue weighted by Gasteiger charge is -1.94. The number of hydrogen-bond donors (Lipinski definition) is 1. The Morgan fingerprint density at radius 2 is 2.13 bits per heavy atom. The molecule has 0 unspecified atom stereocenters. The van der Waals surface area contributed by atoms with Gasteiger partial charge in [-0.15, -0.1) is 0 Å². The second-order valence-corrected chi connectivity index (χ2v) is 3.08. The highest BCUT2D eigenvalue weighted by Crippen LogP contribution is 2.12. The summed E-state index contributed by atoms with van der Waals surface area (Å²) in [6.07, 6.45) is 9.13. The number of allylic oxidation sites excluding steroid dienone is 2. The molecule has 0 aliphatic rings. The van der Waals surface area contributed by atoms with Gasteiger partial charge in [-0.05, 0) is 26.3 Å². The van der Waals surface area contributed by atoms with E-state index in [1.165, 1.54) is 5.57 Å². The molecule has 15 heavy (non-hydrogen) atoms. The summed E-state index contributed by atoms with van der Waals surface area (Å²) in [5.74, 6) is 0. The molecule has 0 spiro atoms. The summed E-state index contributed by atoms with van der Waals surface area (Å²) in [7, 11) is 0. The van der Waals surface area contributed by atoms with E-state index in [1.54, 1.807) is 0 Å². The highest BCUT2D eigenvalue weighted by atomic mass is 15.1. The molecule has 1 N–H and O–H groups in total. The smallest absolute Gasteiger partial charge is 0.0649 e. The molecule has 0 aliphatic carbocycles. The Labute approximate surface area is 93.1 Å². The molecule has 84 valence electrons. The maximum absolute atomic E-state index is 4.01. The van der Waals surface area contributed by atoms with Crippen LogP contribution in [0.15, 0.2) is 17.8 Å². The van der Waals surface area contributed by atoms with Crippen LogP contribution in [-0.4, -0.2) is 10.2 Å². The quantitative estimate of drug-likeness (QED) is 0.785. The van der Waals surface area contributed by atoms with Gasteiger partial charge in [-0.25, -0.2) is 0 Å². The van der Waals surface area contributed by atoms with Crippen LogP contribution in [0, 0.1) is 0 Å². The van der Waals surface area contributed by atoms with Gasteiger partial charge in [0.05, 0.1) is 11.9 Å². The van der Waals surface area contributed by atoms with E-state index in [0.29, 0.717) is 0 Å². The predicted octanol–water partition coefficient (Wildman–Crippen LogP) is 4.28. The SMILES string of the molecule is C/C=C\c1cn[nH]c1/C=C(\C)CC.CC. The van der Waals surface area contributed by atoms with Gasteiger partial charge in [0.15, 0.2) is 0 Å². The van der Waals surface area contributed by atoms with Gasteiger partial charge in [-0.3, -0.25) is 5.10 Å². The van der Waals surface area contributed by atoms with E-state index in [9.17, 15) is 0 Å². The first-order valence-electron chi connectivity index (χ1n) is 5.61. The molecule has 2 heteroatoms. The van der Waals surface area contributed by atoms with E-state index < -0.39 is 0 Å². The van der Waals surface area contributed by atoms with Crippen LogP contribution in [0.3, 0.4) is 0 Å². The molecule has 0 aliphatic heterocycles. The van der Waals surface area contributed by atoms with Crippen molar-refractivity contribution in [3.05, 3.63) is 29.1 Å². The van der Waals surface area contributed by atoms with Crippen molar-refractivity contribution in [2.24, 2.45) is 0 Å². The average Bonchev–Trinajstić information content (AvgIpc) is 2.69. The Morgan fingerprint density at radius 1 is 1.47 bits per heavy atom. The molecule has 1 rings (SSSR count). The van der Waals surface area contributed by atoms with Crippen molar-refractivity contribution in [2.75, 3.05) is 0 Å². The Kier molecular flexibility index (Phi) is 7.33. The number of hydrogen-bond acceptors (Lipinski definition) is 1. The summed E-state index contributed by atoms with van der Waals surface area (Å²) in [5.41, 5.74) is 3.60. The van der Waals surface area contributed by atoms with Crippen molar-refractivity contribution < 1.29 is 0 Å². The summed E-state index contributed by atoms with van der Waals surface area (Å²) in [6, 6.07) is 0. The molecule has 1 aromatic heterocycles. The number of nitrogens with one attached hydrogen (secondary N) is 1.